The van der Waals surface area contributed by atoms with Crippen molar-refractivity contribution >= 4 is 11.6 Å². The van der Waals surface area contributed by atoms with Crippen molar-refractivity contribution in [1.82, 2.24) is 5.32 Å². The van der Waals surface area contributed by atoms with Crippen molar-refractivity contribution in [2.75, 3.05) is 26.4 Å². The third kappa shape index (κ3) is 4.37. The highest BCUT2D eigenvalue weighted by molar-refractivity contribution is 6.32. The lowest BCUT2D eigenvalue weighted by Crippen LogP contribution is -2.17. The van der Waals surface area contributed by atoms with Crippen LogP contribution in [-0.4, -0.2) is 31.5 Å². The Kier molecular flexibility index (Phi) is 6.86. The maximum Gasteiger partial charge on any atom is 0.179 e. The van der Waals surface area contributed by atoms with E-state index in [9.17, 15) is 0 Å². The monoisotopic (exact) mass is 273 g/mol. The minimum Gasteiger partial charge on any atom is -0.490 e. The predicted octanol–water partition coefficient (Wildman–Crippen LogP) is 2.22. The van der Waals surface area contributed by atoms with E-state index in [0.717, 1.165) is 5.56 Å². The average Bonchev–Trinajstić information content (AvgIpc) is 2.34. The van der Waals surface area contributed by atoms with Crippen LogP contribution in [0, 0.1) is 0 Å². The van der Waals surface area contributed by atoms with Crippen LogP contribution in [-0.2, 0) is 6.54 Å². The molecule has 0 aliphatic heterocycles. The number of aliphatic hydroxyl groups excluding tert-OH is 1. The second-order valence-electron chi connectivity index (χ2n) is 3.67. The lowest BCUT2D eigenvalue weighted by atomic mass is 10.2. The summed E-state index contributed by atoms with van der Waals surface area (Å²) in [7, 11) is 0. The third-order valence-corrected chi connectivity index (χ3v) is 2.56. The molecule has 0 aromatic heterocycles. The number of ether oxygens (including phenoxy) is 2. The standard InChI is InChI=1S/C13H20ClNO3/c1-3-17-12-8-10(9-15-5-6-16)7-11(14)13(12)18-4-2/h7-8,15-16H,3-6,9H2,1-2H3. The van der Waals surface area contributed by atoms with Crippen LogP contribution in [0.15, 0.2) is 12.1 Å². The molecule has 1 aromatic carbocycles. The molecule has 0 heterocycles. The molecule has 0 amide bonds. The van der Waals surface area contributed by atoms with Crippen molar-refractivity contribution in [2.45, 2.75) is 20.4 Å². The van der Waals surface area contributed by atoms with Gasteiger partial charge in [0.05, 0.1) is 24.8 Å². The lowest BCUT2D eigenvalue weighted by Gasteiger charge is -2.14. The van der Waals surface area contributed by atoms with E-state index in [1.807, 2.05) is 26.0 Å². The van der Waals surface area contributed by atoms with E-state index in [0.29, 0.717) is 42.8 Å². The summed E-state index contributed by atoms with van der Waals surface area (Å²) in [5.74, 6) is 1.25. The van der Waals surface area contributed by atoms with E-state index in [4.69, 9.17) is 26.2 Å². The summed E-state index contributed by atoms with van der Waals surface area (Å²) in [6.45, 7) is 6.22. The molecule has 102 valence electrons. The van der Waals surface area contributed by atoms with Gasteiger partial charge in [0, 0.05) is 13.1 Å². The van der Waals surface area contributed by atoms with Gasteiger partial charge in [-0.1, -0.05) is 11.6 Å². The van der Waals surface area contributed by atoms with E-state index in [2.05, 4.69) is 5.32 Å². The highest BCUT2D eigenvalue weighted by atomic mass is 35.5. The van der Waals surface area contributed by atoms with E-state index in [1.165, 1.54) is 0 Å². The fourth-order valence-electron chi connectivity index (χ4n) is 1.58. The molecule has 0 aliphatic carbocycles. The second kappa shape index (κ2) is 8.19. The molecule has 0 radical (unpaired) electrons. The number of halogens is 1. The molecule has 2 N–H and O–H groups in total. The van der Waals surface area contributed by atoms with Crippen molar-refractivity contribution in [3.63, 3.8) is 0 Å². The first-order valence-corrected chi connectivity index (χ1v) is 6.50. The van der Waals surface area contributed by atoms with Gasteiger partial charge in [-0.15, -0.1) is 0 Å². The molecular weight excluding hydrogens is 254 g/mol. The SMILES string of the molecule is CCOc1cc(CNCCO)cc(Cl)c1OCC. The molecule has 0 saturated carbocycles. The van der Waals surface area contributed by atoms with Crippen molar-refractivity contribution in [1.29, 1.82) is 0 Å². The number of rotatable bonds is 8. The molecule has 0 bridgehead atoms. The Morgan fingerprint density at radius 3 is 2.56 bits per heavy atom. The van der Waals surface area contributed by atoms with Gasteiger partial charge >= 0.3 is 0 Å². The van der Waals surface area contributed by atoms with Gasteiger partial charge in [0.15, 0.2) is 11.5 Å². The van der Waals surface area contributed by atoms with Gasteiger partial charge < -0.3 is 19.9 Å². The van der Waals surface area contributed by atoms with E-state index < -0.39 is 0 Å². The Labute approximate surface area is 113 Å². The summed E-state index contributed by atoms with van der Waals surface area (Å²) in [6.07, 6.45) is 0. The van der Waals surface area contributed by atoms with Gasteiger partial charge in [-0.2, -0.15) is 0 Å². The zero-order chi connectivity index (χ0) is 13.4. The lowest BCUT2D eigenvalue weighted by molar-refractivity contribution is 0.286. The summed E-state index contributed by atoms with van der Waals surface area (Å²) in [5, 5.41) is 12.4. The van der Waals surface area contributed by atoms with Gasteiger partial charge in [-0.3, -0.25) is 0 Å². The maximum atomic E-state index is 8.72. The van der Waals surface area contributed by atoms with Crippen LogP contribution in [0.1, 0.15) is 19.4 Å². The normalized spacial score (nSPS) is 10.4. The molecule has 18 heavy (non-hydrogen) atoms. The van der Waals surface area contributed by atoms with Crippen LogP contribution < -0.4 is 14.8 Å². The van der Waals surface area contributed by atoms with Crippen molar-refractivity contribution in [2.24, 2.45) is 0 Å². The molecular formula is C13H20ClNO3. The molecule has 1 aromatic rings. The number of aliphatic hydroxyl groups is 1. The quantitative estimate of drug-likeness (QED) is 0.713. The highest BCUT2D eigenvalue weighted by Crippen LogP contribution is 2.36. The summed E-state index contributed by atoms with van der Waals surface area (Å²) < 4.78 is 11.0. The number of nitrogens with one attached hydrogen (secondary N) is 1. The minimum absolute atomic E-state index is 0.114. The first-order valence-electron chi connectivity index (χ1n) is 6.12. The summed E-state index contributed by atoms with van der Waals surface area (Å²) in [5.41, 5.74) is 1.00. The van der Waals surface area contributed by atoms with E-state index in [-0.39, 0.29) is 6.61 Å². The second-order valence-corrected chi connectivity index (χ2v) is 4.08. The molecule has 0 saturated heterocycles. The Hall–Kier alpha value is -0.970. The molecule has 4 nitrogen and oxygen atoms in total. The smallest absolute Gasteiger partial charge is 0.179 e. The molecule has 1 rings (SSSR count). The third-order valence-electron chi connectivity index (χ3n) is 2.28. The van der Waals surface area contributed by atoms with Gasteiger partial charge in [0.2, 0.25) is 0 Å². The maximum absolute atomic E-state index is 8.72. The minimum atomic E-state index is 0.114. The molecule has 0 atom stereocenters. The van der Waals surface area contributed by atoms with Crippen molar-refractivity contribution in [3.8, 4) is 11.5 Å². The van der Waals surface area contributed by atoms with Crippen LogP contribution in [0.2, 0.25) is 5.02 Å². The van der Waals surface area contributed by atoms with E-state index in [1.54, 1.807) is 0 Å². The molecule has 0 unspecified atom stereocenters. The number of benzene rings is 1. The Bertz CT molecular complexity index is 371. The van der Waals surface area contributed by atoms with Crippen molar-refractivity contribution in [3.05, 3.63) is 22.7 Å². The van der Waals surface area contributed by atoms with Crippen LogP contribution in [0.25, 0.3) is 0 Å². The van der Waals surface area contributed by atoms with Crippen LogP contribution in [0.4, 0.5) is 0 Å². The summed E-state index contributed by atoms with van der Waals surface area (Å²) >= 11 is 6.18. The Morgan fingerprint density at radius 2 is 1.94 bits per heavy atom. The summed E-state index contributed by atoms with van der Waals surface area (Å²) in [4.78, 5) is 0. The first kappa shape index (κ1) is 15.1. The zero-order valence-electron chi connectivity index (χ0n) is 10.8. The topological polar surface area (TPSA) is 50.7 Å². The zero-order valence-corrected chi connectivity index (χ0v) is 11.6. The van der Waals surface area contributed by atoms with Gasteiger partial charge in [-0.25, -0.2) is 0 Å². The van der Waals surface area contributed by atoms with Crippen LogP contribution >= 0.6 is 11.6 Å². The largest absolute Gasteiger partial charge is 0.490 e. The molecule has 0 spiro atoms. The average molecular weight is 274 g/mol. The molecule has 0 aliphatic rings. The number of hydrogen-bond acceptors (Lipinski definition) is 4. The van der Waals surface area contributed by atoms with Gasteiger partial charge in [0.1, 0.15) is 0 Å². The van der Waals surface area contributed by atoms with Crippen LogP contribution in [0.3, 0.4) is 0 Å². The van der Waals surface area contributed by atoms with Crippen molar-refractivity contribution < 1.29 is 14.6 Å². The van der Waals surface area contributed by atoms with Gasteiger partial charge in [0.25, 0.3) is 0 Å². The molecule has 0 fully saturated rings. The summed E-state index contributed by atoms with van der Waals surface area (Å²) in [6, 6.07) is 3.75. The highest BCUT2D eigenvalue weighted by Gasteiger charge is 2.11. The Morgan fingerprint density at radius 1 is 1.22 bits per heavy atom. The fraction of sp³-hybridized carbons (Fsp3) is 0.538. The van der Waals surface area contributed by atoms with Gasteiger partial charge in [-0.05, 0) is 31.5 Å². The Balaban J connectivity index is 2.87. The van der Waals surface area contributed by atoms with Crippen LogP contribution in [0.5, 0.6) is 11.5 Å². The fourth-order valence-corrected chi connectivity index (χ4v) is 1.87. The predicted molar refractivity (Wildman–Crippen MR) is 72.6 cm³/mol. The first-order chi connectivity index (χ1) is 8.72. The molecule has 5 heteroatoms. The van der Waals surface area contributed by atoms with E-state index >= 15 is 0 Å². The number of hydrogen-bond donors (Lipinski definition) is 2.